The van der Waals surface area contributed by atoms with Gasteiger partial charge < -0.3 is 15.6 Å². The van der Waals surface area contributed by atoms with Crippen molar-refractivity contribution in [1.29, 1.82) is 0 Å². The largest absolute Gasteiger partial charge is 0.446 e. The number of fused-ring (bicyclic) bond motifs is 5. The Labute approximate surface area is 259 Å². The number of ketones is 1. The summed E-state index contributed by atoms with van der Waals surface area (Å²) in [7, 11) is 0. The zero-order valence-corrected chi connectivity index (χ0v) is 25.9. The van der Waals surface area contributed by atoms with Crippen LogP contribution in [-0.4, -0.2) is 45.2 Å². The first-order valence-corrected chi connectivity index (χ1v) is 16.5. The highest BCUT2D eigenvalue weighted by molar-refractivity contribution is 8.13. The normalized spacial score (nSPS) is 36.3. The van der Waals surface area contributed by atoms with Crippen molar-refractivity contribution >= 4 is 40.4 Å². The van der Waals surface area contributed by atoms with E-state index in [1.807, 2.05) is 49.4 Å². The van der Waals surface area contributed by atoms with Gasteiger partial charge in [0, 0.05) is 32.4 Å². The molecule has 3 saturated carbocycles. The lowest BCUT2D eigenvalue weighted by molar-refractivity contribution is -0.214. The molecule has 4 aliphatic carbocycles. The molecule has 0 aliphatic heterocycles. The van der Waals surface area contributed by atoms with Gasteiger partial charge in [0.15, 0.2) is 17.1 Å². The van der Waals surface area contributed by atoms with Gasteiger partial charge in [0.25, 0.3) is 0 Å². The van der Waals surface area contributed by atoms with Gasteiger partial charge >= 0.3 is 5.97 Å². The molecular weight excluding hydrogens is 586 g/mol. The van der Waals surface area contributed by atoms with E-state index in [0.717, 1.165) is 21.6 Å². The van der Waals surface area contributed by atoms with Crippen molar-refractivity contribution in [2.45, 2.75) is 73.1 Å². The van der Waals surface area contributed by atoms with Crippen LogP contribution in [0.15, 0.2) is 88.2 Å². The van der Waals surface area contributed by atoms with Crippen molar-refractivity contribution in [3.8, 4) is 0 Å². The number of hydrogen-bond acceptors (Lipinski definition) is 8. The number of aliphatic hydroxyl groups excluding tert-OH is 1. The number of aliphatic hydroxyl groups is 1. The van der Waals surface area contributed by atoms with Gasteiger partial charge in [-0.1, -0.05) is 60.3 Å². The minimum absolute atomic E-state index is 0.00830. The summed E-state index contributed by atoms with van der Waals surface area (Å²) in [4.78, 5) is 41.7. The van der Waals surface area contributed by atoms with Gasteiger partial charge in [-0.2, -0.15) is 0 Å². The second kappa shape index (κ2) is 11.0. The first-order chi connectivity index (χ1) is 20.5. The Bertz CT molecular complexity index is 1510. The fourth-order valence-corrected chi connectivity index (χ4v) is 10.0. The zero-order valence-electron chi connectivity index (χ0n) is 24.3. The highest BCUT2D eigenvalue weighted by Crippen LogP contribution is 2.70. The number of nitrogens with two attached hydrogens (primary N) is 1. The van der Waals surface area contributed by atoms with Crippen molar-refractivity contribution in [1.82, 2.24) is 0 Å². The van der Waals surface area contributed by atoms with E-state index in [2.05, 4.69) is 0 Å². The molecule has 3 fully saturated rings. The second-order valence-corrected chi connectivity index (χ2v) is 14.7. The summed E-state index contributed by atoms with van der Waals surface area (Å²) in [5, 5.41) is 11.3. The molecule has 7 atom stereocenters. The highest BCUT2D eigenvalue weighted by Gasteiger charge is 2.75. The third-order valence-corrected chi connectivity index (χ3v) is 12.4. The lowest BCUT2D eigenvalue weighted by atomic mass is 9.45. The van der Waals surface area contributed by atoms with Crippen LogP contribution in [0.2, 0.25) is 0 Å². The third kappa shape index (κ3) is 4.57. The fraction of sp³-hybridized carbons (Fsp3) is 0.441. The van der Waals surface area contributed by atoms with Crippen LogP contribution in [0.1, 0.15) is 56.3 Å². The molecule has 2 aromatic rings. The smallest absolute Gasteiger partial charge is 0.339 e. The average molecular weight is 622 g/mol. The van der Waals surface area contributed by atoms with Gasteiger partial charge in [0.1, 0.15) is 0 Å². The molecule has 43 heavy (non-hydrogen) atoms. The minimum atomic E-state index is -2.03. The van der Waals surface area contributed by atoms with Gasteiger partial charge in [-0.25, -0.2) is 9.18 Å². The Kier molecular flexibility index (Phi) is 7.77. The Morgan fingerprint density at radius 2 is 1.74 bits per heavy atom. The number of allylic oxidation sites excluding steroid dienone is 4. The Balaban J connectivity index is 1.31. The molecule has 0 unspecified atom stereocenters. The Morgan fingerprint density at radius 3 is 2.44 bits per heavy atom. The molecular formula is C34H36FNO5S2. The van der Waals surface area contributed by atoms with Crippen molar-refractivity contribution in [2.24, 2.45) is 28.4 Å². The summed E-state index contributed by atoms with van der Waals surface area (Å²) < 4.78 is 23.8. The molecule has 0 bridgehead atoms. The second-order valence-electron chi connectivity index (χ2n) is 12.6. The minimum Gasteiger partial charge on any atom is -0.446 e. The number of alkyl halides is 1. The number of ether oxygens (including phenoxy) is 1. The topological polar surface area (TPSA) is 107 Å². The predicted octanol–water partition coefficient (Wildman–Crippen LogP) is 6.28. The number of carbonyl (C=O) groups is 3. The molecule has 0 spiro atoms. The number of rotatable bonds is 6. The van der Waals surface area contributed by atoms with Crippen molar-refractivity contribution in [3.63, 3.8) is 0 Å². The SMILES string of the molecule is C[C@]12C=CC(=O)C=C1CC[C@H]1[C@@H]3CC[C@](OC(=O)c4ccc(Sc5ccccc5)cc4)(C(=O)SCN)[C@@]3(C)C[C@H](O)[C@@]12F. The predicted molar refractivity (Wildman–Crippen MR) is 165 cm³/mol. The Morgan fingerprint density at radius 1 is 1.05 bits per heavy atom. The number of halogens is 1. The molecule has 0 aromatic heterocycles. The molecule has 0 heterocycles. The molecule has 2 aromatic carbocycles. The lowest BCUT2D eigenvalue weighted by Crippen LogP contribution is -2.69. The maximum absolute atomic E-state index is 17.5. The van der Waals surface area contributed by atoms with Crippen LogP contribution in [0.5, 0.6) is 0 Å². The van der Waals surface area contributed by atoms with E-state index in [-0.39, 0.29) is 35.5 Å². The van der Waals surface area contributed by atoms with Gasteiger partial charge in [0.05, 0.1) is 11.7 Å². The molecule has 0 amide bonds. The van der Waals surface area contributed by atoms with Gasteiger partial charge in [0.2, 0.25) is 5.12 Å². The van der Waals surface area contributed by atoms with E-state index < -0.39 is 40.1 Å². The van der Waals surface area contributed by atoms with E-state index in [1.165, 1.54) is 12.2 Å². The summed E-state index contributed by atoms with van der Waals surface area (Å²) in [5.74, 6) is -1.72. The van der Waals surface area contributed by atoms with Crippen LogP contribution >= 0.6 is 23.5 Å². The first-order valence-electron chi connectivity index (χ1n) is 14.7. The summed E-state index contributed by atoms with van der Waals surface area (Å²) in [6.07, 6.45) is 4.64. The van der Waals surface area contributed by atoms with Crippen LogP contribution < -0.4 is 5.73 Å². The monoisotopic (exact) mass is 621 g/mol. The maximum atomic E-state index is 17.5. The fourth-order valence-electron chi connectivity index (χ4n) is 8.44. The van der Waals surface area contributed by atoms with Crippen LogP contribution in [0.4, 0.5) is 4.39 Å². The number of benzene rings is 2. The number of carbonyl (C=O) groups excluding carboxylic acids is 3. The van der Waals surface area contributed by atoms with Gasteiger partial charge in [-0.3, -0.25) is 9.59 Å². The standard InChI is InChI=1S/C34H36FNO5S2/c1-31-16-14-23(37)18-22(31)10-13-27-26-15-17-33(30(40)42-20-36,32(26,2)19-28(38)34(27,31)35)41-29(39)21-8-11-25(12-9-21)43-24-6-4-3-5-7-24/h3-9,11-12,14,16,18,26-28,38H,10,13,15,17,19-20,36H2,1-2H3/t26-,27-,28-,31-,32-,33-,34-/m0/s1. The first kappa shape index (κ1) is 30.3. The summed E-state index contributed by atoms with van der Waals surface area (Å²) >= 11 is 2.46. The van der Waals surface area contributed by atoms with Crippen molar-refractivity contribution in [2.75, 3.05) is 5.88 Å². The molecule has 226 valence electrons. The molecule has 6 nitrogen and oxygen atoms in total. The van der Waals surface area contributed by atoms with E-state index in [1.54, 1.807) is 36.9 Å². The van der Waals surface area contributed by atoms with Crippen molar-refractivity contribution < 1.29 is 28.6 Å². The zero-order chi connectivity index (χ0) is 30.6. The van der Waals surface area contributed by atoms with E-state index >= 15 is 4.39 Å². The van der Waals surface area contributed by atoms with E-state index in [0.29, 0.717) is 30.4 Å². The number of esters is 1. The lowest BCUT2D eigenvalue weighted by Gasteiger charge is -2.62. The molecule has 6 rings (SSSR count). The van der Waals surface area contributed by atoms with Crippen LogP contribution in [-0.2, 0) is 14.3 Å². The maximum Gasteiger partial charge on any atom is 0.339 e. The average Bonchev–Trinajstić information content (AvgIpc) is 3.27. The summed E-state index contributed by atoms with van der Waals surface area (Å²) in [6, 6.07) is 16.9. The molecule has 4 aliphatic rings. The van der Waals surface area contributed by atoms with E-state index in [4.69, 9.17) is 10.5 Å². The van der Waals surface area contributed by atoms with E-state index in [9.17, 15) is 19.5 Å². The number of hydrogen-bond donors (Lipinski definition) is 2. The van der Waals surface area contributed by atoms with Crippen LogP contribution in [0, 0.1) is 22.7 Å². The summed E-state index contributed by atoms with van der Waals surface area (Å²) in [5.41, 5.74) is 1.03. The molecule has 3 N–H and O–H groups in total. The molecule has 9 heteroatoms. The van der Waals surface area contributed by atoms with Gasteiger partial charge in [-0.15, -0.1) is 0 Å². The van der Waals surface area contributed by atoms with Crippen LogP contribution in [0.25, 0.3) is 0 Å². The third-order valence-electron chi connectivity index (χ3n) is 10.6. The quantitative estimate of drug-likeness (QED) is 0.287. The van der Waals surface area contributed by atoms with Crippen molar-refractivity contribution in [3.05, 3.63) is 84.0 Å². The van der Waals surface area contributed by atoms with Crippen LogP contribution in [0.3, 0.4) is 0 Å². The summed E-state index contributed by atoms with van der Waals surface area (Å²) in [6.45, 7) is 3.63. The van der Waals surface area contributed by atoms with Gasteiger partial charge in [-0.05, 0) is 93.5 Å². The highest BCUT2D eigenvalue weighted by atomic mass is 32.2. The molecule has 0 radical (unpaired) electrons. The number of thioether (sulfide) groups is 1. The Hall–Kier alpha value is -2.72. The molecule has 0 saturated heterocycles.